The van der Waals surface area contributed by atoms with Crippen LogP contribution in [0.5, 0.6) is 0 Å². The van der Waals surface area contributed by atoms with Gasteiger partial charge in [-0.2, -0.15) is 0 Å². The maximum atomic E-state index is 5.65. The standard InChI is InChI=1S/C19H40N2S2.2ClH/c1-2-3-4-5-6-7-8-9-10-11-12-13-14-15-19(22)23-18(16-20)17-21;;/h18H,2-17,20-21H2,1H3;2*1H. The number of hydrogen-bond acceptors (Lipinski definition) is 4. The Morgan fingerprint density at radius 1 is 0.720 bits per heavy atom. The quantitative estimate of drug-likeness (QED) is 0.199. The second-order valence-electron chi connectivity index (χ2n) is 6.58. The molecule has 0 bridgehead atoms. The van der Waals surface area contributed by atoms with Crippen LogP contribution in [-0.2, 0) is 0 Å². The van der Waals surface area contributed by atoms with Crippen LogP contribution in [0.25, 0.3) is 0 Å². The van der Waals surface area contributed by atoms with E-state index in [1.165, 1.54) is 83.5 Å². The lowest BCUT2D eigenvalue weighted by Crippen LogP contribution is -2.26. The van der Waals surface area contributed by atoms with Gasteiger partial charge < -0.3 is 11.5 Å². The second-order valence-corrected chi connectivity index (χ2v) is 8.72. The van der Waals surface area contributed by atoms with Crippen LogP contribution in [0.4, 0.5) is 0 Å². The topological polar surface area (TPSA) is 52.0 Å². The third kappa shape index (κ3) is 22.9. The van der Waals surface area contributed by atoms with Gasteiger partial charge in [-0.15, -0.1) is 36.6 Å². The fourth-order valence-corrected chi connectivity index (χ4v) is 4.10. The molecule has 0 aromatic carbocycles. The molecular weight excluding hydrogens is 391 g/mol. The molecule has 0 heterocycles. The molecule has 0 aromatic heterocycles. The Balaban J connectivity index is -0.00000242. The Morgan fingerprint density at radius 3 is 1.44 bits per heavy atom. The van der Waals surface area contributed by atoms with Crippen molar-refractivity contribution in [1.29, 1.82) is 0 Å². The minimum Gasteiger partial charge on any atom is -0.329 e. The molecule has 0 unspecified atom stereocenters. The number of thiocarbonyl (C=S) groups is 1. The van der Waals surface area contributed by atoms with Gasteiger partial charge in [0.05, 0.1) is 0 Å². The molecule has 0 saturated heterocycles. The van der Waals surface area contributed by atoms with Crippen molar-refractivity contribution in [3.05, 3.63) is 0 Å². The number of hydrogen-bond donors (Lipinski definition) is 2. The van der Waals surface area contributed by atoms with Gasteiger partial charge in [-0.3, -0.25) is 0 Å². The summed E-state index contributed by atoms with van der Waals surface area (Å²) in [4.78, 5) is 0. The lowest BCUT2D eigenvalue weighted by molar-refractivity contribution is 0.541. The third-order valence-electron chi connectivity index (χ3n) is 4.31. The molecule has 154 valence electrons. The number of thioether (sulfide) groups is 1. The van der Waals surface area contributed by atoms with E-state index in [9.17, 15) is 0 Å². The molecule has 0 saturated carbocycles. The highest BCUT2D eigenvalue weighted by atomic mass is 35.5. The van der Waals surface area contributed by atoms with Gasteiger partial charge in [0, 0.05) is 22.5 Å². The molecule has 0 rings (SSSR count). The van der Waals surface area contributed by atoms with Crippen molar-refractivity contribution >= 4 is 53.0 Å². The molecular formula is C19H42Cl2N2S2. The molecule has 2 nitrogen and oxygen atoms in total. The summed E-state index contributed by atoms with van der Waals surface area (Å²) in [5, 5.41) is 0.310. The fraction of sp³-hybridized carbons (Fsp3) is 0.947. The summed E-state index contributed by atoms with van der Waals surface area (Å²) in [6.45, 7) is 3.53. The molecule has 6 heteroatoms. The van der Waals surface area contributed by atoms with E-state index in [0.29, 0.717) is 18.3 Å². The molecule has 4 N–H and O–H groups in total. The summed E-state index contributed by atoms with van der Waals surface area (Å²) >= 11 is 7.11. The minimum absolute atomic E-state index is 0. The molecule has 0 radical (unpaired) electrons. The van der Waals surface area contributed by atoms with Crippen molar-refractivity contribution in [1.82, 2.24) is 0 Å². The number of unbranched alkanes of at least 4 members (excludes halogenated alkanes) is 12. The summed E-state index contributed by atoms with van der Waals surface area (Å²) in [6, 6.07) is 0. The van der Waals surface area contributed by atoms with Gasteiger partial charge in [0.15, 0.2) is 0 Å². The van der Waals surface area contributed by atoms with Crippen LogP contribution in [0.2, 0.25) is 0 Å². The minimum atomic E-state index is 0. The van der Waals surface area contributed by atoms with Crippen LogP contribution >= 0.6 is 48.8 Å². The van der Waals surface area contributed by atoms with Gasteiger partial charge in [-0.05, 0) is 12.8 Å². The first-order valence-electron chi connectivity index (χ1n) is 9.84. The van der Waals surface area contributed by atoms with Crippen molar-refractivity contribution in [2.24, 2.45) is 11.5 Å². The molecule has 0 atom stereocenters. The SMILES string of the molecule is CCCCCCCCCCCCCCCC(=S)SC(CN)CN.Cl.Cl. The first-order valence-corrected chi connectivity index (χ1v) is 11.1. The number of halogens is 2. The van der Waals surface area contributed by atoms with Crippen LogP contribution in [-0.4, -0.2) is 22.5 Å². The Kier molecular flexibility index (Phi) is 30.6. The van der Waals surface area contributed by atoms with Crippen molar-refractivity contribution < 1.29 is 0 Å². The largest absolute Gasteiger partial charge is 0.329 e. The Labute approximate surface area is 179 Å². The van der Waals surface area contributed by atoms with E-state index >= 15 is 0 Å². The number of rotatable bonds is 17. The van der Waals surface area contributed by atoms with Gasteiger partial charge in [0.25, 0.3) is 0 Å². The van der Waals surface area contributed by atoms with Crippen molar-refractivity contribution in [3.63, 3.8) is 0 Å². The summed E-state index contributed by atoms with van der Waals surface area (Å²) < 4.78 is 1.09. The molecule has 0 aliphatic heterocycles. The van der Waals surface area contributed by atoms with E-state index in [2.05, 4.69) is 6.92 Å². The molecule has 0 aromatic rings. The normalized spacial score (nSPS) is 10.4. The van der Waals surface area contributed by atoms with Gasteiger partial charge >= 0.3 is 0 Å². The van der Waals surface area contributed by atoms with Crippen LogP contribution in [0.15, 0.2) is 0 Å². The van der Waals surface area contributed by atoms with E-state index in [-0.39, 0.29) is 24.8 Å². The zero-order chi connectivity index (χ0) is 17.2. The highest BCUT2D eigenvalue weighted by molar-refractivity contribution is 8.23. The summed E-state index contributed by atoms with van der Waals surface area (Å²) in [5.41, 5.74) is 11.3. The van der Waals surface area contributed by atoms with Crippen molar-refractivity contribution in [2.45, 2.75) is 102 Å². The molecule has 25 heavy (non-hydrogen) atoms. The van der Waals surface area contributed by atoms with E-state index in [1.54, 1.807) is 11.8 Å². The number of nitrogens with two attached hydrogens (primary N) is 2. The summed E-state index contributed by atoms with van der Waals surface area (Å²) in [7, 11) is 0. The van der Waals surface area contributed by atoms with Crippen LogP contribution in [0, 0.1) is 0 Å². The van der Waals surface area contributed by atoms with E-state index < -0.39 is 0 Å². The average Bonchev–Trinajstić information content (AvgIpc) is 2.56. The van der Waals surface area contributed by atoms with Gasteiger partial charge in [-0.1, -0.05) is 96.2 Å². The second kappa shape index (κ2) is 24.9. The van der Waals surface area contributed by atoms with Gasteiger partial charge in [-0.25, -0.2) is 0 Å². The van der Waals surface area contributed by atoms with Crippen LogP contribution in [0.1, 0.15) is 96.8 Å². The van der Waals surface area contributed by atoms with Gasteiger partial charge in [0.2, 0.25) is 0 Å². The zero-order valence-corrected chi connectivity index (χ0v) is 19.4. The zero-order valence-electron chi connectivity index (χ0n) is 16.2. The smallest absolute Gasteiger partial charge is 0.0482 e. The van der Waals surface area contributed by atoms with E-state index in [1.807, 2.05) is 0 Å². The maximum Gasteiger partial charge on any atom is 0.0482 e. The van der Waals surface area contributed by atoms with E-state index in [4.69, 9.17) is 23.7 Å². The Hall–Kier alpha value is 0.940. The van der Waals surface area contributed by atoms with E-state index in [0.717, 1.165) is 10.6 Å². The average molecular weight is 434 g/mol. The molecule has 0 fully saturated rings. The van der Waals surface area contributed by atoms with Crippen molar-refractivity contribution in [3.8, 4) is 0 Å². The summed E-state index contributed by atoms with van der Waals surface area (Å²) in [6.07, 6.45) is 19.2. The Morgan fingerprint density at radius 2 is 1.08 bits per heavy atom. The monoisotopic (exact) mass is 432 g/mol. The lowest BCUT2D eigenvalue weighted by Gasteiger charge is -2.12. The predicted octanol–water partition coefficient (Wildman–Crippen LogP) is 6.66. The first-order chi connectivity index (χ1) is 11.2. The molecule has 0 amide bonds. The Bertz CT molecular complexity index is 266. The predicted molar refractivity (Wildman–Crippen MR) is 127 cm³/mol. The van der Waals surface area contributed by atoms with Gasteiger partial charge in [0.1, 0.15) is 0 Å². The third-order valence-corrected chi connectivity index (χ3v) is 5.99. The molecule has 0 aliphatic carbocycles. The fourth-order valence-electron chi connectivity index (χ4n) is 2.72. The lowest BCUT2D eigenvalue weighted by atomic mass is 10.0. The molecule has 0 aliphatic rings. The summed E-state index contributed by atoms with van der Waals surface area (Å²) in [5.74, 6) is 0. The first kappa shape index (κ1) is 30.7. The van der Waals surface area contributed by atoms with Crippen LogP contribution < -0.4 is 11.5 Å². The van der Waals surface area contributed by atoms with Crippen molar-refractivity contribution in [2.75, 3.05) is 13.1 Å². The maximum absolute atomic E-state index is 5.65. The highest BCUT2D eigenvalue weighted by Crippen LogP contribution is 2.18. The van der Waals surface area contributed by atoms with Crippen LogP contribution in [0.3, 0.4) is 0 Å². The molecule has 0 spiro atoms. The highest BCUT2D eigenvalue weighted by Gasteiger charge is 2.07.